The molecular formula is C15H21N5S. The molecule has 0 spiro atoms. The average Bonchev–Trinajstić information content (AvgIpc) is 3.01. The van der Waals surface area contributed by atoms with Crippen molar-refractivity contribution in [2.24, 2.45) is 0 Å². The molecule has 0 atom stereocenters. The van der Waals surface area contributed by atoms with Gasteiger partial charge in [0, 0.05) is 30.1 Å². The maximum atomic E-state index is 4.63. The monoisotopic (exact) mass is 303 g/mol. The molecule has 2 aromatic heterocycles. The van der Waals surface area contributed by atoms with Gasteiger partial charge in [-0.15, -0.1) is 10.2 Å². The quantitative estimate of drug-likeness (QED) is 0.856. The van der Waals surface area contributed by atoms with Gasteiger partial charge in [0.25, 0.3) is 0 Å². The normalized spacial score (nSPS) is 18.9. The minimum absolute atomic E-state index is 0.0738. The van der Waals surface area contributed by atoms with E-state index < -0.39 is 0 Å². The fourth-order valence-corrected chi connectivity index (χ4v) is 3.74. The number of anilines is 1. The zero-order valence-corrected chi connectivity index (χ0v) is 13.7. The zero-order valence-electron chi connectivity index (χ0n) is 12.8. The number of fused-ring (bicyclic) bond motifs is 1. The fraction of sp³-hybridized carbons (Fsp3) is 0.667. The Balaban J connectivity index is 1.56. The molecule has 0 unspecified atom stereocenters. The largest absolute Gasteiger partial charge is 0.340 e. The summed E-state index contributed by atoms with van der Waals surface area (Å²) >= 11 is 1.72. The molecule has 0 aromatic carbocycles. The Bertz CT molecular complexity index is 662. The van der Waals surface area contributed by atoms with Crippen molar-refractivity contribution in [3.63, 3.8) is 0 Å². The van der Waals surface area contributed by atoms with Crippen molar-refractivity contribution in [2.75, 3.05) is 11.4 Å². The molecule has 21 heavy (non-hydrogen) atoms. The molecule has 112 valence electrons. The summed E-state index contributed by atoms with van der Waals surface area (Å²) in [5.74, 6) is 0. The van der Waals surface area contributed by atoms with Gasteiger partial charge in [0.15, 0.2) is 0 Å². The molecule has 0 N–H and O–H groups in total. The smallest absolute Gasteiger partial charge is 0.208 e. The van der Waals surface area contributed by atoms with Gasteiger partial charge in [0.1, 0.15) is 5.01 Å². The van der Waals surface area contributed by atoms with Crippen LogP contribution in [0.15, 0.2) is 6.33 Å². The Morgan fingerprint density at radius 1 is 1.24 bits per heavy atom. The Morgan fingerprint density at radius 2 is 2.05 bits per heavy atom. The molecule has 2 aromatic rings. The van der Waals surface area contributed by atoms with E-state index in [-0.39, 0.29) is 5.41 Å². The molecule has 2 aliphatic rings. The standard InChI is InChI=1S/C15H21N5S/c1-15(2,3)13-17-18-14(21-13)19-7-6-12-11(8-19)16-9-20(12)10-4-5-10/h9-10H,4-8H2,1-3H3. The lowest BCUT2D eigenvalue weighted by Crippen LogP contribution is -2.31. The molecule has 0 bridgehead atoms. The van der Waals surface area contributed by atoms with Crippen LogP contribution < -0.4 is 4.90 Å². The van der Waals surface area contributed by atoms with Crippen LogP contribution in [-0.2, 0) is 18.4 Å². The SMILES string of the molecule is CC(C)(C)c1nnc(N2CCc3c(ncn3C3CC3)C2)s1. The zero-order chi connectivity index (χ0) is 14.6. The van der Waals surface area contributed by atoms with E-state index in [0.29, 0.717) is 0 Å². The predicted molar refractivity (Wildman–Crippen MR) is 83.9 cm³/mol. The molecule has 0 radical (unpaired) electrons. The van der Waals surface area contributed by atoms with E-state index in [1.807, 2.05) is 6.33 Å². The van der Waals surface area contributed by atoms with Crippen molar-refractivity contribution in [1.29, 1.82) is 0 Å². The number of hydrogen-bond donors (Lipinski definition) is 0. The Kier molecular flexibility index (Phi) is 2.86. The highest BCUT2D eigenvalue weighted by atomic mass is 32.1. The summed E-state index contributed by atoms with van der Waals surface area (Å²) in [6, 6.07) is 0.724. The Hall–Kier alpha value is -1.43. The summed E-state index contributed by atoms with van der Waals surface area (Å²) in [5, 5.41) is 10.9. The third-order valence-electron chi connectivity index (χ3n) is 4.21. The van der Waals surface area contributed by atoms with Crippen LogP contribution in [0.5, 0.6) is 0 Å². The fourth-order valence-electron chi connectivity index (χ4n) is 2.81. The summed E-state index contributed by atoms with van der Waals surface area (Å²) in [4.78, 5) is 6.95. The van der Waals surface area contributed by atoms with Crippen molar-refractivity contribution in [1.82, 2.24) is 19.7 Å². The number of nitrogens with zero attached hydrogens (tertiary/aromatic N) is 5. The maximum absolute atomic E-state index is 4.63. The summed E-state index contributed by atoms with van der Waals surface area (Å²) < 4.78 is 2.40. The number of imidazole rings is 1. The van der Waals surface area contributed by atoms with E-state index in [4.69, 9.17) is 0 Å². The first kappa shape index (κ1) is 13.2. The van der Waals surface area contributed by atoms with E-state index in [1.54, 1.807) is 11.3 Å². The van der Waals surface area contributed by atoms with Crippen molar-refractivity contribution in [3.8, 4) is 0 Å². The molecule has 3 heterocycles. The second-order valence-electron chi connectivity index (χ2n) is 7.09. The van der Waals surface area contributed by atoms with Gasteiger partial charge < -0.3 is 9.47 Å². The lowest BCUT2D eigenvalue weighted by molar-refractivity contribution is 0.577. The molecule has 0 amide bonds. The van der Waals surface area contributed by atoms with Crippen LogP contribution in [0.4, 0.5) is 5.13 Å². The van der Waals surface area contributed by atoms with Crippen molar-refractivity contribution in [3.05, 3.63) is 22.7 Å². The summed E-state index contributed by atoms with van der Waals surface area (Å²) in [7, 11) is 0. The van der Waals surface area contributed by atoms with Crippen molar-refractivity contribution >= 4 is 16.5 Å². The molecular weight excluding hydrogens is 282 g/mol. The number of rotatable bonds is 2. The summed E-state index contributed by atoms with van der Waals surface area (Å²) in [6.45, 7) is 8.44. The van der Waals surface area contributed by atoms with Gasteiger partial charge in [-0.05, 0) is 12.8 Å². The first-order valence-corrected chi connectivity index (χ1v) is 8.47. The predicted octanol–water partition coefficient (Wildman–Crippen LogP) is 2.93. The Labute approximate surface area is 129 Å². The van der Waals surface area contributed by atoms with E-state index in [0.717, 1.165) is 35.7 Å². The van der Waals surface area contributed by atoms with E-state index in [2.05, 4.69) is 45.4 Å². The van der Waals surface area contributed by atoms with Crippen LogP contribution in [0.1, 0.15) is 56.1 Å². The molecule has 5 nitrogen and oxygen atoms in total. The average molecular weight is 303 g/mol. The molecule has 6 heteroatoms. The Morgan fingerprint density at radius 3 is 2.71 bits per heavy atom. The van der Waals surface area contributed by atoms with Crippen LogP contribution in [0.3, 0.4) is 0 Å². The van der Waals surface area contributed by atoms with Gasteiger partial charge in [-0.1, -0.05) is 32.1 Å². The lowest BCUT2D eigenvalue weighted by Gasteiger charge is -2.26. The van der Waals surface area contributed by atoms with Gasteiger partial charge in [-0.25, -0.2) is 4.98 Å². The highest BCUT2D eigenvalue weighted by Crippen LogP contribution is 2.38. The third kappa shape index (κ3) is 2.35. The number of aromatic nitrogens is 4. The van der Waals surface area contributed by atoms with Crippen LogP contribution >= 0.6 is 11.3 Å². The first-order chi connectivity index (χ1) is 10.0. The number of hydrogen-bond acceptors (Lipinski definition) is 5. The van der Waals surface area contributed by atoms with E-state index >= 15 is 0 Å². The van der Waals surface area contributed by atoms with Crippen LogP contribution in [0.25, 0.3) is 0 Å². The second kappa shape index (κ2) is 4.53. The minimum atomic E-state index is 0.0738. The first-order valence-electron chi connectivity index (χ1n) is 7.66. The van der Waals surface area contributed by atoms with Gasteiger partial charge >= 0.3 is 0 Å². The minimum Gasteiger partial charge on any atom is -0.340 e. The lowest BCUT2D eigenvalue weighted by atomic mass is 9.98. The van der Waals surface area contributed by atoms with Gasteiger partial charge in [0.05, 0.1) is 18.6 Å². The van der Waals surface area contributed by atoms with Crippen LogP contribution in [0.2, 0.25) is 0 Å². The van der Waals surface area contributed by atoms with Gasteiger partial charge in [-0.3, -0.25) is 0 Å². The van der Waals surface area contributed by atoms with Crippen LogP contribution in [-0.4, -0.2) is 26.3 Å². The van der Waals surface area contributed by atoms with E-state index in [9.17, 15) is 0 Å². The molecule has 4 rings (SSSR count). The molecule has 0 saturated heterocycles. The molecule has 1 aliphatic carbocycles. The highest BCUT2D eigenvalue weighted by Gasteiger charge is 2.30. The van der Waals surface area contributed by atoms with E-state index in [1.165, 1.54) is 24.2 Å². The van der Waals surface area contributed by atoms with Crippen molar-refractivity contribution < 1.29 is 0 Å². The van der Waals surface area contributed by atoms with Crippen molar-refractivity contribution in [2.45, 2.75) is 58.0 Å². The molecule has 1 saturated carbocycles. The second-order valence-corrected chi connectivity index (χ2v) is 8.04. The highest BCUT2D eigenvalue weighted by molar-refractivity contribution is 7.15. The van der Waals surface area contributed by atoms with Crippen LogP contribution in [0, 0.1) is 0 Å². The van der Waals surface area contributed by atoms with Gasteiger partial charge in [-0.2, -0.15) is 0 Å². The third-order valence-corrected chi connectivity index (χ3v) is 5.62. The summed E-state index contributed by atoms with van der Waals surface area (Å²) in [5.41, 5.74) is 2.74. The maximum Gasteiger partial charge on any atom is 0.208 e. The topological polar surface area (TPSA) is 46.8 Å². The van der Waals surface area contributed by atoms with Gasteiger partial charge in [0.2, 0.25) is 5.13 Å². The molecule has 1 fully saturated rings. The molecule has 1 aliphatic heterocycles. The summed E-state index contributed by atoms with van der Waals surface area (Å²) in [6.07, 6.45) is 5.73.